The van der Waals surface area contributed by atoms with E-state index in [9.17, 15) is 42.1 Å². The van der Waals surface area contributed by atoms with Crippen LogP contribution in [0.25, 0.3) is 155 Å². The van der Waals surface area contributed by atoms with Crippen LogP contribution in [0.3, 0.4) is 0 Å². The first-order chi connectivity index (χ1) is 48.2. The topological polar surface area (TPSA) is 249 Å². The van der Waals surface area contributed by atoms with E-state index in [1.54, 1.807) is 48.5 Å². The number of nitriles is 8. The molecule has 0 aliphatic heterocycles. The summed E-state index contributed by atoms with van der Waals surface area (Å²) < 4.78 is 8.37. The van der Waals surface area contributed by atoms with Crippen LogP contribution in [-0.4, -0.2) is 33.2 Å². The first-order valence-corrected chi connectivity index (χ1v) is 30.9. The molecule has 0 saturated heterocycles. The molecule has 0 N–H and O–H groups in total. The fourth-order valence-electron chi connectivity index (χ4n) is 14.1. The van der Waals surface area contributed by atoms with Crippen LogP contribution < -0.4 is 0 Å². The number of hydrogen-bond acceptors (Lipinski definition) is 11. The van der Waals surface area contributed by atoms with Gasteiger partial charge in [0.2, 0.25) is 0 Å². The largest absolute Gasteiger partial charge is 0.305 e. The molecule has 0 aliphatic rings. The zero-order valence-corrected chi connectivity index (χ0v) is 51.2. The number of aromatic nitrogens is 7. The average Bonchev–Trinajstić information content (AvgIpc) is 0.947. The van der Waals surface area contributed by atoms with Gasteiger partial charge in [0.25, 0.3) is 0 Å². The van der Waals surface area contributed by atoms with E-state index in [2.05, 4.69) is 72.9 Å². The predicted octanol–water partition coefficient (Wildman–Crippen LogP) is 17.9. The van der Waals surface area contributed by atoms with Gasteiger partial charge < -0.3 is 9.13 Å². The Labute approximate surface area is 557 Å². The zero-order chi connectivity index (χ0) is 66.4. The SMILES string of the molecule is N#Cc1ccc2c(c1)c1cc(C#N)ccc1n2-c1nc(-n2c3ccc(C#N)cc3c3cc(C#N)ccc32)c(-n2c3ccc(C#N)cc3c3cc(C#N)ccc32)c(-c2ccccc2-c2cc(-c3ccccc3)nc(-c3ccccc3)n2)c1-n1c2ccc(C#N)cc2c2cc(C#N)ccc21. The van der Waals surface area contributed by atoms with Crippen molar-refractivity contribution in [3.05, 3.63) is 281 Å². The molecule has 0 radical (unpaired) electrons. The Kier molecular flexibility index (Phi) is 12.9. The molecule has 11 aromatic carbocycles. The molecule has 15 heteroatoms. The molecule has 17 aromatic rings. The van der Waals surface area contributed by atoms with Crippen molar-refractivity contribution < 1.29 is 0 Å². The highest BCUT2D eigenvalue weighted by atomic mass is 15.2. The standard InChI is InChI=1S/C83H39N15/c84-40-48-15-23-70-60(31-48)61-32-49(41-85)16-24-71(61)95(70)79-78(59-14-8-7-13-58(59)69-39-68(56-9-3-1-4-10-56)92-81(93-69)57-11-5-2-6-12-57)80(96-72-25-17-50(42-86)33-62(72)63-34-51(43-87)18-26-73(63)96)83(98-76-29-21-54(46-90)37-66(76)67-38-55(47-91)22-30-77(67)98)94-82(79)97-74-27-19-52(44-88)35-64(74)65-36-53(45-89)20-28-75(65)97/h1-39H. The number of fused-ring (bicyclic) bond motifs is 12. The van der Waals surface area contributed by atoms with E-state index in [0.29, 0.717) is 189 Å². The van der Waals surface area contributed by atoms with E-state index in [1.165, 1.54) is 0 Å². The molecule has 0 spiro atoms. The highest BCUT2D eigenvalue weighted by Crippen LogP contribution is 2.51. The van der Waals surface area contributed by atoms with Crippen molar-refractivity contribution in [2.24, 2.45) is 0 Å². The Morgan fingerprint density at radius 3 is 0.806 bits per heavy atom. The Balaban J connectivity index is 1.20. The third-order valence-corrected chi connectivity index (χ3v) is 18.4. The fraction of sp³-hybridized carbons (Fsp3) is 0. The van der Waals surface area contributed by atoms with Gasteiger partial charge in [0.15, 0.2) is 17.5 Å². The summed E-state index contributed by atoms with van der Waals surface area (Å²) in [5.41, 5.74) is 13.5. The minimum atomic E-state index is 0.324. The number of pyridine rings is 1. The van der Waals surface area contributed by atoms with E-state index < -0.39 is 0 Å². The smallest absolute Gasteiger partial charge is 0.165 e. The van der Waals surface area contributed by atoms with Crippen molar-refractivity contribution in [3.63, 3.8) is 0 Å². The lowest BCUT2D eigenvalue weighted by molar-refractivity contribution is 0.961. The maximum atomic E-state index is 10.7. The molecule has 0 atom stereocenters. The molecule has 0 saturated carbocycles. The first kappa shape index (κ1) is 56.7. The second kappa shape index (κ2) is 22.3. The maximum Gasteiger partial charge on any atom is 0.165 e. The average molecular weight is 1250 g/mol. The molecule has 0 unspecified atom stereocenters. The summed E-state index contributed by atoms with van der Waals surface area (Å²) in [4.78, 5) is 17.1. The lowest BCUT2D eigenvalue weighted by Gasteiger charge is -2.27. The van der Waals surface area contributed by atoms with Gasteiger partial charge in [0.05, 0.1) is 149 Å². The van der Waals surface area contributed by atoms with Crippen molar-refractivity contribution in [2.75, 3.05) is 0 Å². The summed E-state index contributed by atoms with van der Waals surface area (Å²) >= 11 is 0. The zero-order valence-electron chi connectivity index (χ0n) is 51.2. The number of benzene rings is 11. The van der Waals surface area contributed by atoms with Gasteiger partial charge in [0.1, 0.15) is 11.4 Å². The molecule has 0 aliphatic carbocycles. The van der Waals surface area contributed by atoms with E-state index in [0.717, 1.165) is 11.1 Å². The molecule has 0 bridgehead atoms. The van der Waals surface area contributed by atoms with Crippen molar-refractivity contribution in [1.82, 2.24) is 33.2 Å². The van der Waals surface area contributed by atoms with Gasteiger partial charge in [-0.2, -0.15) is 42.1 Å². The van der Waals surface area contributed by atoms with Crippen LogP contribution in [0.5, 0.6) is 0 Å². The maximum absolute atomic E-state index is 10.7. The lowest BCUT2D eigenvalue weighted by Crippen LogP contribution is -2.16. The van der Waals surface area contributed by atoms with Crippen LogP contribution in [-0.2, 0) is 0 Å². The lowest BCUT2D eigenvalue weighted by atomic mass is 9.93. The summed E-state index contributed by atoms with van der Waals surface area (Å²) in [5.74, 6) is 1.10. The Bertz CT molecular complexity index is 6120. The Morgan fingerprint density at radius 1 is 0.235 bits per heavy atom. The third kappa shape index (κ3) is 8.65. The minimum absolute atomic E-state index is 0.324. The van der Waals surface area contributed by atoms with Gasteiger partial charge >= 0.3 is 0 Å². The van der Waals surface area contributed by atoms with E-state index in [1.807, 2.05) is 182 Å². The third-order valence-electron chi connectivity index (χ3n) is 18.4. The van der Waals surface area contributed by atoms with Crippen LogP contribution in [0.1, 0.15) is 44.5 Å². The first-order valence-electron chi connectivity index (χ1n) is 30.9. The Hall–Kier alpha value is -15.2. The van der Waals surface area contributed by atoms with E-state index in [-0.39, 0.29) is 0 Å². The van der Waals surface area contributed by atoms with Gasteiger partial charge in [-0.1, -0.05) is 84.9 Å². The molecule has 6 heterocycles. The highest BCUT2D eigenvalue weighted by molar-refractivity contribution is 6.17. The van der Waals surface area contributed by atoms with Crippen LogP contribution >= 0.6 is 0 Å². The summed E-state index contributed by atoms with van der Waals surface area (Å²) in [6.45, 7) is 0. The van der Waals surface area contributed by atoms with Crippen LogP contribution in [0.2, 0.25) is 0 Å². The van der Waals surface area contributed by atoms with Gasteiger partial charge in [-0.05, 0) is 157 Å². The second-order valence-electron chi connectivity index (χ2n) is 23.7. The van der Waals surface area contributed by atoms with Crippen molar-refractivity contribution in [1.29, 1.82) is 42.1 Å². The number of nitrogens with zero attached hydrogens (tertiary/aromatic N) is 15. The van der Waals surface area contributed by atoms with Crippen LogP contribution in [0, 0.1) is 90.6 Å². The molecular weight excluding hydrogens is 1210 g/mol. The molecule has 446 valence electrons. The molecule has 17 rings (SSSR count). The molecule has 0 fully saturated rings. The van der Waals surface area contributed by atoms with Crippen LogP contribution in [0.4, 0.5) is 0 Å². The van der Waals surface area contributed by atoms with Gasteiger partial charge in [-0.25, -0.2) is 15.0 Å². The summed E-state index contributed by atoms with van der Waals surface area (Å²) in [6.07, 6.45) is 0. The molecule has 98 heavy (non-hydrogen) atoms. The van der Waals surface area contributed by atoms with Crippen molar-refractivity contribution in [2.45, 2.75) is 0 Å². The van der Waals surface area contributed by atoms with Crippen molar-refractivity contribution >= 4 is 87.2 Å². The van der Waals surface area contributed by atoms with E-state index >= 15 is 0 Å². The highest BCUT2D eigenvalue weighted by Gasteiger charge is 2.34. The monoisotopic (exact) mass is 1250 g/mol. The number of rotatable bonds is 8. The summed E-state index contributed by atoms with van der Waals surface area (Å²) in [6, 6.07) is 92.3. The minimum Gasteiger partial charge on any atom is -0.305 e. The molecule has 6 aromatic heterocycles. The fourth-order valence-corrected chi connectivity index (χ4v) is 14.1. The molecule has 0 amide bonds. The van der Waals surface area contributed by atoms with Gasteiger partial charge in [0, 0.05) is 65.3 Å². The summed E-state index contributed by atoms with van der Waals surface area (Å²) in [7, 11) is 0. The van der Waals surface area contributed by atoms with Gasteiger partial charge in [-0.3, -0.25) is 9.13 Å². The second-order valence-corrected chi connectivity index (χ2v) is 23.7. The quantitative estimate of drug-likeness (QED) is 0.138. The normalized spacial score (nSPS) is 11.2. The Morgan fingerprint density at radius 2 is 0.500 bits per heavy atom. The predicted molar refractivity (Wildman–Crippen MR) is 377 cm³/mol. The molecular formula is C83H39N15. The molecule has 15 nitrogen and oxygen atoms in total. The summed E-state index contributed by atoms with van der Waals surface area (Å²) in [5, 5.41) is 90.7. The van der Waals surface area contributed by atoms with E-state index in [4.69, 9.17) is 15.0 Å². The number of hydrogen-bond donors (Lipinski definition) is 0. The van der Waals surface area contributed by atoms with Crippen LogP contribution in [0.15, 0.2) is 237 Å². The van der Waals surface area contributed by atoms with Gasteiger partial charge in [-0.15, -0.1) is 0 Å². The van der Waals surface area contributed by atoms with Crippen molar-refractivity contribution in [3.8, 4) is 117 Å².